The highest BCUT2D eigenvalue weighted by Crippen LogP contribution is 2.48. The van der Waals surface area contributed by atoms with Gasteiger partial charge in [-0.25, -0.2) is 8.42 Å². The lowest BCUT2D eigenvalue weighted by Crippen LogP contribution is -2.34. The van der Waals surface area contributed by atoms with Crippen molar-refractivity contribution in [2.45, 2.75) is 43.5 Å². The average molecular weight is 387 g/mol. The largest absolute Gasteiger partial charge is 0.351 e. The number of hydrogen-bond donors (Lipinski definition) is 1. The third-order valence-corrected chi connectivity index (χ3v) is 7.29. The van der Waals surface area contributed by atoms with E-state index in [9.17, 15) is 13.2 Å². The smallest absolute Gasteiger partial charge is 0.243 e. The number of sulfonamides is 1. The molecular formula is C21H26N2O3S. The summed E-state index contributed by atoms with van der Waals surface area (Å²) in [6.07, 6.45) is 1.73. The Kier molecular flexibility index (Phi) is 5.67. The molecule has 5 nitrogen and oxygen atoms in total. The summed E-state index contributed by atoms with van der Waals surface area (Å²) in [6, 6.07) is 16.6. The van der Waals surface area contributed by atoms with Crippen molar-refractivity contribution in [1.29, 1.82) is 0 Å². The van der Waals surface area contributed by atoms with Crippen LogP contribution in [0.15, 0.2) is 59.5 Å². The van der Waals surface area contributed by atoms with E-state index in [1.165, 1.54) is 4.31 Å². The van der Waals surface area contributed by atoms with Gasteiger partial charge in [0.15, 0.2) is 0 Å². The summed E-state index contributed by atoms with van der Waals surface area (Å²) >= 11 is 0. The van der Waals surface area contributed by atoms with Gasteiger partial charge < -0.3 is 5.32 Å². The minimum absolute atomic E-state index is 0.0357. The van der Waals surface area contributed by atoms with Crippen LogP contribution in [0.4, 0.5) is 0 Å². The second-order valence-corrected chi connectivity index (χ2v) is 8.80. The van der Waals surface area contributed by atoms with Crippen LogP contribution in [0.25, 0.3) is 0 Å². The van der Waals surface area contributed by atoms with Crippen molar-refractivity contribution in [3.05, 3.63) is 65.7 Å². The Morgan fingerprint density at radius 1 is 1.00 bits per heavy atom. The van der Waals surface area contributed by atoms with Gasteiger partial charge >= 0.3 is 0 Å². The molecule has 1 aliphatic rings. The number of hydrogen-bond acceptors (Lipinski definition) is 3. The van der Waals surface area contributed by atoms with Crippen LogP contribution in [0.5, 0.6) is 0 Å². The van der Waals surface area contributed by atoms with Crippen molar-refractivity contribution in [2.24, 2.45) is 0 Å². The molecule has 2 aromatic rings. The first-order valence-electron chi connectivity index (χ1n) is 9.37. The molecule has 0 saturated heterocycles. The first kappa shape index (κ1) is 19.6. The molecule has 2 aromatic carbocycles. The zero-order valence-electron chi connectivity index (χ0n) is 15.8. The number of rotatable bonds is 8. The van der Waals surface area contributed by atoms with Crippen LogP contribution in [0.1, 0.15) is 37.8 Å². The highest BCUT2D eigenvalue weighted by atomic mass is 32.2. The molecule has 0 radical (unpaired) electrons. The van der Waals surface area contributed by atoms with Gasteiger partial charge in [0.25, 0.3) is 0 Å². The van der Waals surface area contributed by atoms with Gasteiger partial charge in [-0.2, -0.15) is 4.31 Å². The van der Waals surface area contributed by atoms with Crippen molar-refractivity contribution in [2.75, 3.05) is 13.1 Å². The van der Waals surface area contributed by atoms with Gasteiger partial charge in [-0.15, -0.1) is 0 Å². The molecule has 0 aromatic heterocycles. The molecule has 27 heavy (non-hydrogen) atoms. The van der Waals surface area contributed by atoms with Gasteiger partial charge in [-0.3, -0.25) is 4.79 Å². The zero-order chi connectivity index (χ0) is 19.5. The number of benzene rings is 2. The fourth-order valence-electron chi connectivity index (χ4n) is 3.37. The van der Waals surface area contributed by atoms with Gasteiger partial charge in [0.2, 0.25) is 15.9 Å². The van der Waals surface area contributed by atoms with Crippen molar-refractivity contribution >= 4 is 15.9 Å². The number of carbonyl (C=O) groups is 1. The van der Waals surface area contributed by atoms with Crippen molar-refractivity contribution in [3.8, 4) is 0 Å². The summed E-state index contributed by atoms with van der Waals surface area (Å²) in [6.45, 7) is 4.92. The second-order valence-electron chi connectivity index (χ2n) is 6.86. The first-order chi connectivity index (χ1) is 12.9. The van der Waals surface area contributed by atoms with Gasteiger partial charge in [0.05, 0.1) is 10.3 Å². The Morgan fingerprint density at radius 2 is 1.59 bits per heavy atom. The van der Waals surface area contributed by atoms with Crippen molar-refractivity contribution in [3.63, 3.8) is 0 Å². The summed E-state index contributed by atoms with van der Waals surface area (Å²) in [7, 11) is -3.45. The van der Waals surface area contributed by atoms with Crippen LogP contribution in [-0.2, 0) is 26.8 Å². The number of amides is 1. The molecule has 1 saturated carbocycles. The second kappa shape index (κ2) is 7.82. The van der Waals surface area contributed by atoms with E-state index in [2.05, 4.69) is 5.32 Å². The van der Waals surface area contributed by atoms with Crippen LogP contribution in [0.3, 0.4) is 0 Å². The molecule has 1 amide bonds. The summed E-state index contributed by atoms with van der Waals surface area (Å²) in [5.41, 5.74) is 1.54. The third kappa shape index (κ3) is 3.92. The Morgan fingerprint density at radius 3 is 2.11 bits per heavy atom. The van der Waals surface area contributed by atoms with E-state index >= 15 is 0 Å². The Balaban J connectivity index is 1.65. The monoisotopic (exact) mass is 386 g/mol. The minimum Gasteiger partial charge on any atom is -0.351 e. The lowest BCUT2D eigenvalue weighted by molar-refractivity contribution is -0.123. The van der Waals surface area contributed by atoms with E-state index in [1.54, 1.807) is 24.3 Å². The van der Waals surface area contributed by atoms with Crippen molar-refractivity contribution in [1.82, 2.24) is 9.62 Å². The van der Waals surface area contributed by atoms with Crippen LogP contribution < -0.4 is 5.32 Å². The van der Waals surface area contributed by atoms with Crippen LogP contribution in [0.2, 0.25) is 0 Å². The molecule has 3 rings (SSSR count). The molecule has 0 heterocycles. The molecule has 6 heteroatoms. The lowest BCUT2D eigenvalue weighted by Gasteiger charge is -2.19. The Labute approximate surface area is 161 Å². The van der Waals surface area contributed by atoms with E-state index in [4.69, 9.17) is 0 Å². The fourth-order valence-corrected chi connectivity index (χ4v) is 4.83. The Bertz CT molecular complexity index is 885. The average Bonchev–Trinajstić information content (AvgIpc) is 3.50. The molecule has 1 aliphatic carbocycles. The Hall–Kier alpha value is -2.18. The van der Waals surface area contributed by atoms with Gasteiger partial charge in [0, 0.05) is 19.6 Å². The molecule has 0 spiro atoms. The number of carbonyl (C=O) groups excluding carboxylic acids is 1. The van der Waals surface area contributed by atoms with E-state index < -0.39 is 15.4 Å². The molecular weight excluding hydrogens is 360 g/mol. The van der Waals surface area contributed by atoms with E-state index in [-0.39, 0.29) is 10.8 Å². The molecule has 0 unspecified atom stereocenters. The maximum absolute atomic E-state index is 12.7. The highest BCUT2D eigenvalue weighted by Gasteiger charge is 2.50. The van der Waals surface area contributed by atoms with Gasteiger partial charge in [-0.05, 0) is 36.1 Å². The molecule has 144 valence electrons. The highest BCUT2D eigenvalue weighted by molar-refractivity contribution is 7.89. The van der Waals surface area contributed by atoms with Crippen LogP contribution in [0, 0.1) is 0 Å². The molecule has 0 atom stereocenters. The van der Waals surface area contributed by atoms with Crippen molar-refractivity contribution < 1.29 is 13.2 Å². The fraction of sp³-hybridized carbons (Fsp3) is 0.381. The summed E-state index contributed by atoms with van der Waals surface area (Å²) in [5, 5.41) is 3.00. The maximum Gasteiger partial charge on any atom is 0.243 e. The summed E-state index contributed by atoms with van der Waals surface area (Å²) in [5.74, 6) is 0.0357. The van der Waals surface area contributed by atoms with Gasteiger partial charge in [0.1, 0.15) is 0 Å². The van der Waals surface area contributed by atoms with Gasteiger partial charge in [-0.1, -0.05) is 56.3 Å². The zero-order valence-corrected chi connectivity index (χ0v) is 16.6. The normalized spacial score (nSPS) is 15.5. The van der Waals surface area contributed by atoms with E-state index in [0.717, 1.165) is 24.0 Å². The van der Waals surface area contributed by atoms with Crippen LogP contribution >= 0.6 is 0 Å². The van der Waals surface area contributed by atoms with E-state index in [0.29, 0.717) is 19.6 Å². The maximum atomic E-state index is 12.7. The number of nitrogens with one attached hydrogen (secondary N) is 1. The predicted octanol–water partition coefficient (Wildman–Crippen LogP) is 3.07. The summed E-state index contributed by atoms with van der Waals surface area (Å²) < 4.78 is 26.5. The third-order valence-electron chi connectivity index (χ3n) is 5.23. The first-order valence-corrected chi connectivity index (χ1v) is 10.8. The lowest BCUT2D eigenvalue weighted by atomic mass is 9.95. The summed E-state index contributed by atoms with van der Waals surface area (Å²) in [4.78, 5) is 13.0. The quantitative estimate of drug-likeness (QED) is 0.758. The standard InChI is InChI=1S/C21H26N2O3S/c1-3-23(4-2)27(25,26)19-12-10-17(11-13-19)16-22-20(24)21(14-15-21)18-8-6-5-7-9-18/h5-13H,3-4,14-16H2,1-2H3,(H,22,24). The molecule has 1 fully saturated rings. The minimum atomic E-state index is -3.45. The molecule has 1 N–H and O–H groups in total. The predicted molar refractivity (Wildman–Crippen MR) is 106 cm³/mol. The number of nitrogens with zero attached hydrogens (tertiary/aromatic N) is 1. The topological polar surface area (TPSA) is 66.5 Å². The molecule has 0 aliphatic heterocycles. The van der Waals surface area contributed by atoms with E-state index in [1.807, 2.05) is 44.2 Å². The SMILES string of the molecule is CCN(CC)S(=O)(=O)c1ccc(CNC(=O)C2(c3ccccc3)CC2)cc1. The molecule has 0 bridgehead atoms. The van der Waals surface area contributed by atoms with Crippen LogP contribution in [-0.4, -0.2) is 31.7 Å².